The zero-order valence-electron chi connectivity index (χ0n) is 14.3. The smallest absolute Gasteiger partial charge is 0.255 e. The summed E-state index contributed by atoms with van der Waals surface area (Å²) >= 11 is 0. The van der Waals surface area contributed by atoms with E-state index in [-0.39, 0.29) is 11.1 Å². The average Bonchev–Trinajstić information content (AvgIpc) is 2.54. The summed E-state index contributed by atoms with van der Waals surface area (Å²) in [5.41, 5.74) is 1.22. The number of methoxy groups -OCH3 is 1. The predicted molar refractivity (Wildman–Crippen MR) is 94.7 cm³/mol. The molecule has 0 atom stereocenters. The van der Waals surface area contributed by atoms with Gasteiger partial charge >= 0.3 is 0 Å². The average molecular weight is 315 g/mol. The first-order valence-electron chi connectivity index (χ1n) is 8.09. The lowest BCUT2D eigenvalue weighted by molar-refractivity contribution is 0.128. The molecule has 1 aromatic heterocycles. The number of anilines is 1. The van der Waals surface area contributed by atoms with Crippen molar-refractivity contribution in [2.24, 2.45) is 0 Å². The quantitative estimate of drug-likeness (QED) is 0.925. The van der Waals surface area contributed by atoms with E-state index < -0.39 is 0 Å². The molecule has 0 spiro atoms. The van der Waals surface area contributed by atoms with Crippen molar-refractivity contribution in [1.82, 2.24) is 9.88 Å². The number of aromatic amines is 1. The third-order valence-electron chi connectivity index (χ3n) is 4.66. The minimum Gasteiger partial charge on any atom is -0.497 e. The second-order valence-corrected chi connectivity index (χ2v) is 7.06. The minimum atomic E-state index is -0.0558. The van der Waals surface area contributed by atoms with Crippen LogP contribution in [0.5, 0.6) is 5.75 Å². The molecule has 1 saturated heterocycles. The van der Waals surface area contributed by atoms with Gasteiger partial charge in [-0.2, -0.15) is 0 Å². The van der Waals surface area contributed by atoms with Crippen LogP contribution >= 0.6 is 0 Å². The summed E-state index contributed by atoms with van der Waals surface area (Å²) in [6.45, 7) is 10.7. The number of nitrogens with zero attached hydrogens (tertiary/aromatic N) is 2. The van der Waals surface area contributed by atoms with Gasteiger partial charge < -0.3 is 14.6 Å². The van der Waals surface area contributed by atoms with Crippen LogP contribution in [0, 0.1) is 0 Å². The number of piperazine rings is 1. The molecule has 2 aromatic rings. The number of fused-ring (bicyclic) bond motifs is 1. The van der Waals surface area contributed by atoms with Crippen LogP contribution in [-0.4, -0.2) is 48.7 Å². The summed E-state index contributed by atoms with van der Waals surface area (Å²) in [4.78, 5) is 19.8. The Morgan fingerprint density at radius 1 is 1.09 bits per heavy atom. The van der Waals surface area contributed by atoms with E-state index in [9.17, 15) is 4.79 Å². The lowest BCUT2D eigenvalue weighted by Crippen LogP contribution is -2.53. The number of benzene rings is 1. The number of hydrogen-bond donors (Lipinski definition) is 1. The second-order valence-electron chi connectivity index (χ2n) is 7.06. The Balaban J connectivity index is 1.95. The van der Waals surface area contributed by atoms with Crippen molar-refractivity contribution in [3.05, 3.63) is 34.7 Å². The van der Waals surface area contributed by atoms with E-state index in [2.05, 4.69) is 35.6 Å². The molecule has 0 aliphatic carbocycles. The third kappa shape index (κ3) is 3.06. The molecule has 0 unspecified atom stereocenters. The highest BCUT2D eigenvalue weighted by Gasteiger charge is 2.26. The standard InChI is InChI=1S/C18H25N3O2/c1-18(2,3)21-9-7-20(8-10-21)16-12-19-17(22)14-6-5-13(23-4)11-15(14)16/h5-6,11-12H,7-10H2,1-4H3,(H,19,22). The molecule has 0 amide bonds. The molecule has 0 bridgehead atoms. The molecule has 1 N–H and O–H groups in total. The van der Waals surface area contributed by atoms with Crippen molar-refractivity contribution in [3.63, 3.8) is 0 Å². The first-order valence-corrected chi connectivity index (χ1v) is 8.09. The lowest BCUT2D eigenvalue weighted by Gasteiger charge is -2.43. The number of rotatable bonds is 2. The molecule has 5 nitrogen and oxygen atoms in total. The minimum absolute atomic E-state index is 0.0558. The van der Waals surface area contributed by atoms with E-state index in [0.717, 1.165) is 43.0 Å². The SMILES string of the molecule is COc1ccc2c(=O)[nH]cc(N3CCN(C(C)(C)C)CC3)c2c1. The Morgan fingerprint density at radius 3 is 2.39 bits per heavy atom. The lowest BCUT2D eigenvalue weighted by atomic mass is 10.0. The maximum absolute atomic E-state index is 12.1. The van der Waals surface area contributed by atoms with Crippen molar-refractivity contribution in [2.45, 2.75) is 26.3 Å². The first-order chi connectivity index (χ1) is 10.9. The van der Waals surface area contributed by atoms with Crippen LogP contribution in [0.15, 0.2) is 29.2 Å². The first kappa shape index (κ1) is 15.9. The molecule has 3 rings (SSSR count). The predicted octanol–water partition coefficient (Wildman–Crippen LogP) is 2.46. The monoisotopic (exact) mass is 315 g/mol. The van der Waals surface area contributed by atoms with Crippen molar-refractivity contribution in [2.75, 3.05) is 38.2 Å². The number of H-pyrrole nitrogens is 1. The molecular weight excluding hydrogens is 290 g/mol. The summed E-state index contributed by atoms with van der Waals surface area (Å²) in [5.74, 6) is 0.776. The molecule has 0 radical (unpaired) electrons. The molecule has 5 heteroatoms. The van der Waals surface area contributed by atoms with Crippen molar-refractivity contribution in [3.8, 4) is 5.75 Å². The maximum atomic E-state index is 12.1. The molecule has 2 heterocycles. The fraction of sp³-hybridized carbons (Fsp3) is 0.500. The fourth-order valence-corrected chi connectivity index (χ4v) is 3.23. The summed E-state index contributed by atoms with van der Waals surface area (Å²) < 4.78 is 5.33. The van der Waals surface area contributed by atoms with Crippen molar-refractivity contribution in [1.29, 1.82) is 0 Å². The van der Waals surface area contributed by atoms with Crippen LogP contribution in [-0.2, 0) is 0 Å². The number of hydrogen-bond acceptors (Lipinski definition) is 4. The van der Waals surface area contributed by atoms with Crippen molar-refractivity contribution >= 4 is 16.5 Å². The molecule has 1 fully saturated rings. The van der Waals surface area contributed by atoms with Gasteiger partial charge in [0.05, 0.1) is 12.8 Å². The second kappa shape index (κ2) is 5.89. The Kier molecular flexibility index (Phi) is 4.06. The Bertz CT molecular complexity index is 753. The van der Waals surface area contributed by atoms with Gasteiger partial charge in [0.2, 0.25) is 0 Å². The van der Waals surface area contributed by atoms with Gasteiger partial charge in [0.1, 0.15) is 5.75 Å². The van der Waals surface area contributed by atoms with E-state index in [0.29, 0.717) is 5.39 Å². The summed E-state index contributed by atoms with van der Waals surface area (Å²) in [5, 5.41) is 1.67. The zero-order valence-corrected chi connectivity index (χ0v) is 14.3. The Morgan fingerprint density at radius 2 is 1.78 bits per heavy atom. The number of aromatic nitrogens is 1. The van der Waals surface area contributed by atoms with Crippen LogP contribution in [0.1, 0.15) is 20.8 Å². The maximum Gasteiger partial charge on any atom is 0.255 e. The fourth-order valence-electron chi connectivity index (χ4n) is 3.23. The summed E-state index contributed by atoms with van der Waals surface area (Å²) in [6.07, 6.45) is 1.83. The normalized spacial score (nSPS) is 16.8. The van der Waals surface area contributed by atoms with Crippen LogP contribution < -0.4 is 15.2 Å². The topological polar surface area (TPSA) is 48.6 Å². The Hall–Kier alpha value is -2.01. The van der Waals surface area contributed by atoms with Gasteiger partial charge in [-0.15, -0.1) is 0 Å². The summed E-state index contributed by atoms with van der Waals surface area (Å²) in [7, 11) is 1.65. The van der Waals surface area contributed by atoms with Gasteiger partial charge in [0.15, 0.2) is 0 Å². The van der Waals surface area contributed by atoms with Crippen LogP contribution in [0.4, 0.5) is 5.69 Å². The zero-order chi connectivity index (χ0) is 16.6. The number of nitrogens with one attached hydrogen (secondary N) is 1. The molecule has 1 aromatic carbocycles. The van der Waals surface area contributed by atoms with E-state index >= 15 is 0 Å². The number of ether oxygens (including phenoxy) is 1. The van der Waals surface area contributed by atoms with Crippen LogP contribution in [0.25, 0.3) is 10.8 Å². The van der Waals surface area contributed by atoms with Crippen molar-refractivity contribution < 1.29 is 4.74 Å². The van der Waals surface area contributed by atoms with E-state index in [1.807, 2.05) is 24.4 Å². The molecule has 23 heavy (non-hydrogen) atoms. The molecule has 124 valence electrons. The summed E-state index contributed by atoms with van der Waals surface area (Å²) in [6, 6.07) is 5.62. The highest BCUT2D eigenvalue weighted by atomic mass is 16.5. The van der Waals surface area contributed by atoms with Gasteiger partial charge in [0, 0.05) is 48.7 Å². The van der Waals surface area contributed by atoms with Crippen LogP contribution in [0.3, 0.4) is 0 Å². The van der Waals surface area contributed by atoms with E-state index in [1.165, 1.54) is 0 Å². The van der Waals surface area contributed by atoms with Gasteiger partial charge in [-0.25, -0.2) is 0 Å². The van der Waals surface area contributed by atoms with Gasteiger partial charge in [0.25, 0.3) is 5.56 Å². The molecule has 0 saturated carbocycles. The Labute approximate surface area is 136 Å². The molecule has 1 aliphatic heterocycles. The van der Waals surface area contributed by atoms with Crippen LogP contribution in [0.2, 0.25) is 0 Å². The highest BCUT2D eigenvalue weighted by molar-refractivity contribution is 5.94. The molecular formula is C18H25N3O2. The highest BCUT2D eigenvalue weighted by Crippen LogP contribution is 2.29. The van der Waals surface area contributed by atoms with E-state index in [4.69, 9.17) is 4.74 Å². The molecule has 1 aliphatic rings. The number of pyridine rings is 1. The largest absolute Gasteiger partial charge is 0.497 e. The van der Waals surface area contributed by atoms with Gasteiger partial charge in [-0.05, 0) is 39.0 Å². The third-order valence-corrected chi connectivity index (χ3v) is 4.66. The van der Waals surface area contributed by atoms with Gasteiger partial charge in [-0.3, -0.25) is 9.69 Å². The van der Waals surface area contributed by atoms with E-state index in [1.54, 1.807) is 7.11 Å². The van der Waals surface area contributed by atoms with Gasteiger partial charge in [-0.1, -0.05) is 0 Å².